The molecule has 0 bridgehead atoms. The first-order chi connectivity index (χ1) is 26.6. The van der Waals surface area contributed by atoms with Crippen molar-refractivity contribution in [3.05, 3.63) is 209 Å². The van der Waals surface area contributed by atoms with Crippen LogP contribution in [-0.2, 0) is 10.8 Å². The largest absolute Gasteiger partial charge is 0.354 e. The molecule has 0 atom stereocenters. The standard InChI is InChI=1S/C52H36N2/c1-51(2)42-24-13-21-38-37-20-10-12-26-46(37)54-49-39(40-29-30-43(51)48(47(38)42)50(40)54)22-14-25-45(49)53-34-27-28-36-35-19-9-11-23-41(35)52(44(36)31-34,32-15-5-3-6-16-32)33-17-7-4-8-18-33/h3-31,53H,1-2H3. The van der Waals surface area contributed by atoms with Gasteiger partial charge < -0.3 is 9.88 Å². The van der Waals surface area contributed by atoms with E-state index in [4.69, 9.17) is 0 Å². The molecule has 9 aromatic rings. The number of hydrogen-bond donors (Lipinski definition) is 1. The summed E-state index contributed by atoms with van der Waals surface area (Å²) in [6, 6.07) is 65.5. The Balaban J connectivity index is 1.13. The van der Waals surface area contributed by atoms with Gasteiger partial charge in [-0.05, 0) is 79.9 Å². The van der Waals surface area contributed by atoms with Crippen LogP contribution >= 0.6 is 0 Å². The number of nitrogens with one attached hydrogen (secondary N) is 1. The molecule has 2 aliphatic carbocycles. The number of hydrogen-bond acceptors (Lipinski definition) is 1. The molecule has 0 fully saturated rings. The van der Waals surface area contributed by atoms with Crippen LogP contribution in [0.15, 0.2) is 176 Å². The fourth-order valence-electron chi connectivity index (χ4n) is 10.6. The molecule has 2 heteroatoms. The average Bonchev–Trinajstić information content (AvgIpc) is 3.77. The Kier molecular flexibility index (Phi) is 5.81. The van der Waals surface area contributed by atoms with E-state index in [-0.39, 0.29) is 5.41 Å². The Morgan fingerprint density at radius 1 is 0.426 bits per heavy atom. The van der Waals surface area contributed by atoms with Gasteiger partial charge in [-0.2, -0.15) is 0 Å². The van der Waals surface area contributed by atoms with Crippen LogP contribution in [0.25, 0.3) is 60.9 Å². The maximum atomic E-state index is 4.02. The lowest BCUT2D eigenvalue weighted by Crippen LogP contribution is -2.28. The zero-order valence-corrected chi connectivity index (χ0v) is 30.2. The number of benzene rings is 8. The second-order valence-electron chi connectivity index (χ2n) is 15.7. The predicted molar refractivity (Wildman–Crippen MR) is 224 cm³/mol. The molecule has 0 saturated carbocycles. The van der Waals surface area contributed by atoms with Gasteiger partial charge in [0, 0.05) is 33.0 Å². The SMILES string of the molecule is CC1(C)c2cccc3c2-c2c1ccc1c4cccc(Nc5ccc6c(c5)C(c5ccccc5)(c5ccccc5)c5ccccc5-6)c4n(c21)-c1ccccc1-3. The topological polar surface area (TPSA) is 17.0 Å². The molecule has 3 aliphatic rings. The van der Waals surface area contributed by atoms with Crippen molar-refractivity contribution in [3.63, 3.8) is 0 Å². The fraction of sp³-hybridized carbons (Fsp3) is 0.0769. The van der Waals surface area contributed by atoms with Gasteiger partial charge in [0.2, 0.25) is 0 Å². The van der Waals surface area contributed by atoms with Crippen LogP contribution in [0.1, 0.15) is 47.2 Å². The Hall–Kier alpha value is -6.64. The lowest BCUT2D eigenvalue weighted by Gasteiger charge is -2.34. The summed E-state index contributed by atoms with van der Waals surface area (Å²) in [5, 5.41) is 6.57. The van der Waals surface area contributed by atoms with E-state index in [1.54, 1.807) is 0 Å². The van der Waals surface area contributed by atoms with Crippen molar-refractivity contribution in [2.45, 2.75) is 24.7 Å². The van der Waals surface area contributed by atoms with E-state index in [0.717, 1.165) is 11.4 Å². The van der Waals surface area contributed by atoms with Gasteiger partial charge in [0.05, 0.1) is 27.8 Å². The van der Waals surface area contributed by atoms with E-state index >= 15 is 0 Å². The van der Waals surface area contributed by atoms with E-state index < -0.39 is 5.41 Å². The first kappa shape index (κ1) is 29.9. The molecule has 0 radical (unpaired) electrons. The normalized spacial score (nSPS) is 14.8. The molecule has 254 valence electrons. The second-order valence-corrected chi connectivity index (χ2v) is 15.7. The molecule has 1 N–H and O–H groups in total. The first-order valence-corrected chi connectivity index (χ1v) is 19.0. The van der Waals surface area contributed by atoms with Crippen molar-refractivity contribution in [2.24, 2.45) is 0 Å². The molecule has 1 aliphatic heterocycles. The zero-order valence-electron chi connectivity index (χ0n) is 30.2. The van der Waals surface area contributed by atoms with Crippen LogP contribution in [0.2, 0.25) is 0 Å². The van der Waals surface area contributed by atoms with E-state index in [1.165, 1.54) is 94.3 Å². The molecule has 0 unspecified atom stereocenters. The summed E-state index contributed by atoms with van der Waals surface area (Å²) in [7, 11) is 0. The average molecular weight is 689 g/mol. The molecule has 2 nitrogen and oxygen atoms in total. The van der Waals surface area contributed by atoms with E-state index in [0.29, 0.717) is 0 Å². The summed E-state index contributed by atoms with van der Waals surface area (Å²) in [6.07, 6.45) is 0. The number of para-hydroxylation sites is 2. The monoisotopic (exact) mass is 688 g/mol. The number of nitrogens with zero attached hydrogens (tertiary/aromatic N) is 1. The predicted octanol–water partition coefficient (Wildman–Crippen LogP) is 13.2. The second kappa shape index (κ2) is 10.5. The van der Waals surface area contributed by atoms with Gasteiger partial charge in [-0.25, -0.2) is 0 Å². The van der Waals surface area contributed by atoms with Gasteiger partial charge in [0.25, 0.3) is 0 Å². The van der Waals surface area contributed by atoms with Gasteiger partial charge >= 0.3 is 0 Å². The van der Waals surface area contributed by atoms with Crippen molar-refractivity contribution in [1.29, 1.82) is 0 Å². The van der Waals surface area contributed by atoms with Crippen LogP contribution < -0.4 is 5.32 Å². The third-order valence-corrected chi connectivity index (χ3v) is 12.8. The number of rotatable bonds is 4. The minimum absolute atomic E-state index is 0.0878. The summed E-state index contributed by atoms with van der Waals surface area (Å²) in [6.45, 7) is 4.77. The highest BCUT2D eigenvalue weighted by molar-refractivity contribution is 6.21. The zero-order chi connectivity index (χ0) is 35.8. The minimum atomic E-state index is -0.457. The van der Waals surface area contributed by atoms with Crippen molar-refractivity contribution in [1.82, 2.24) is 4.57 Å². The summed E-state index contributed by atoms with van der Waals surface area (Å²) in [4.78, 5) is 0. The summed E-state index contributed by atoms with van der Waals surface area (Å²) < 4.78 is 2.56. The third-order valence-electron chi connectivity index (χ3n) is 12.8. The molecular weight excluding hydrogens is 653 g/mol. The number of aromatic nitrogens is 1. The van der Waals surface area contributed by atoms with Crippen LogP contribution in [-0.4, -0.2) is 4.57 Å². The van der Waals surface area contributed by atoms with Crippen molar-refractivity contribution >= 4 is 33.2 Å². The highest BCUT2D eigenvalue weighted by Gasteiger charge is 2.46. The maximum absolute atomic E-state index is 4.02. The Morgan fingerprint density at radius 3 is 1.83 bits per heavy atom. The molecule has 8 aromatic carbocycles. The summed E-state index contributed by atoms with van der Waals surface area (Å²) >= 11 is 0. The first-order valence-electron chi connectivity index (χ1n) is 19.0. The van der Waals surface area contributed by atoms with E-state index in [2.05, 4.69) is 200 Å². The molecule has 2 heterocycles. The van der Waals surface area contributed by atoms with Gasteiger partial charge in [-0.1, -0.05) is 166 Å². The molecule has 0 amide bonds. The van der Waals surface area contributed by atoms with Crippen LogP contribution in [0.4, 0.5) is 11.4 Å². The maximum Gasteiger partial charge on any atom is 0.0777 e. The van der Waals surface area contributed by atoms with Gasteiger partial charge in [-0.3, -0.25) is 0 Å². The summed E-state index contributed by atoms with van der Waals surface area (Å²) in [5.74, 6) is 0. The van der Waals surface area contributed by atoms with E-state index in [9.17, 15) is 0 Å². The van der Waals surface area contributed by atoms with Crippen LogP contribution in [0, 0.1) is 0 Å². The van der Waals surface area contributed by atoms with Crippen LogP contribution in [0.5, 0.6) is 0 Å². The molecule has 54 heavy (non-hydrogen) atoms. The summed E-state index contributed by atoms with van der Waals surface area (Å²) in [5.41, 5.74) is 21.3. The Bertz CT molecular complexity index is 3000. The van der Waals surface area contributed by atoms with Gasteiger partial charge in [0.1, 0.15) is 0 Å². The fourth-order valence-corrected chi connectivity index (χ4v) is 10.6. The highest BCUT2D eigenvalue weighted by Crippen LogP contribution is 2.59. The lowest BCUT2D eigenvalue weighted by atomic mass is 9.67. The highest BCUT2D eigenvalue weighted by atomic mass is 15.0. The van der Waals surface area contributed by atoms with Gasteiger partial charge in [-0.15, -0.1) is 0 Å². The number of anilines is 2. The number of fused-ring (bicyclic) bond motifs is 9. The lowest BCUT2D eigenvalue weighted by molar-refractivity contribution is 0.661. The van der Waals surface area contributed by atoms with Gasteiger partial charge in [0.15, 0.2) is 0 Å². The molecule has 0 saturated heterocycles. The molecule has 12 rings (SSSR count). The third kappa shape index (κ3) is 3.60. The smallest absolute Gasteiger partial charge is 0.0777 e. The Labute approximate surface area is 315 Å². The van der Waals surface area contributed by atoms with Crippen molar-refractivity contribution < 1.29 is 0 Å². The van der Waals surface area contributed by atoms with Crippen molar-refractivity contribution in [2.75, 3.05) is 5.32 Å². The van der Waals surface area contributed by atoms with Crippen molar-refractivity contribution in [3.8, 4) is 39.1 Å². The van der Waals surface area contributed by atoms with E-state index in [1.807, 2.05) is 0 Å². The Morgan fingerprint density at radius 2 is 1.04 bits per heavy atom. The molecular formula is C52H36N2. The minimum Gasteiger partial charge on any atom is -0.354 e. The molecule has 1 aromatic heterocycles. The quantitative estimate of drug-likeness (QED) is 0.195. The van der Waals surface area contributed by atoms with Crippen LogP contribution in [0.3, 0.4) is 0 Å². The molecule has 0 spiro atoms.